The number of benzene rings is 4. The van der Waals surface area contributed by atoms with E-state index in [0.717, 1.165) is 35.8 Å². The minimum atomic E-state index is -2.94. The summed E-state index contributed by atoms with van der Waals surface area (Å²) in [4.78, 5) is 116. The van der Waals surface area contributed by atoms with Crippen LogP contribution in [0.5, 0.6) is 23.0 Å². The van der Waals surface area contributed by atoms with Gasteiger partial charge in [-0.1, -0.05) is 103 Å². The molecule has 88 heavy (non-hydrogen) atoms. The number of nitrogens with zero attached hydrogens (tertiary/aromatic N) is 2. The highest BCUT2D eigenvalue weighted by atomic mass is 31.1. The highest BCUT2D eigenvalue weighted by Crippen LogP contribution is 2.39. The van der Waals surface area contributed by atoms with Crippen LogP contribution in [0.1, 0.15) is 148 Å². The molecule has 6 aromatic rings. The Morgan fingerprint density at radius 2 is 0.886 bits per heavy atom. The smallest absolute Gasteiger partial charge is 0.494 e. The van der Waals surface area contributed by atoms with Gasteiger partial charge in [-0.3, -0.25) is 28.8 Å². The molecule has 0 aliphatic carbocycles. The van der Waals surface area contributed by atoms with Gasteiger partial charge in [-0.05, 0) is 112 Å². The van der Waals surface area contributed by atoms with E-state index in [4.69, 9.17) is 37.0 Å². The summed E-state index contributed by atoms with van der Waals surface area (Å²) < 4.78 is 48.7. The molecule has 0 aliphatic rings. The molecule has 468 valence electrons. The van der Waals surface area contributed by atoms with E-state index in [1.165, 1.54) is 48.5 Å². The molecule has 0 aliphatic heterocycles. The predicted molar refractivity (Wildman–Crippen MR) is 323 cm³/mol. The van der Waals surface area contributed by atoms with Crippen LogP contribution in [0.3, 0.4) is 0 Å². The number of ether oxygens (including phenoxy) is 2. The fourth-order valence-corrected chi connectivity index (χ4v) is 10.2. The molecular weight excluding hydrogens is 1160 g/mol. The van der Waals surface area contributed by atoms with Crippen LogP contribution in [0.15, 0.2) is 130 Å². The second kappa shape index (κ2) is 35.2. The van der Waals surface area contributed by atoms with E-state index in [9.17, 15) is 42.9 Å². The lowest BCUT2D eigenvalue weighted by atomic mass is 9.90. The SMILES string of the molecule is CCCCC[C@@H](C(=O)NCNC(=O)c1ccc(-c2cc(OCC)cc(O[P+](=O)Oc3cc(OCC)cc(-c4ccc(C(=O)NCNC(=O)[C@H](CCCCC)[C@@H](CC)N(C=O)OC(=O)c5ccccc5)o4)c3)c2)o1)[C@@H](CC)N(C=O)OC(=O)c1ccccc1. The fourth-order valence-electron chi connectivity index (χ4n) is 9.60. The average molecular weight is 1230 g/mol. The lowest BCUT2D eigenvalue weighted by Gasteiger charge is -2.31. The summed E-state index contributed by atoms with van der Waals surface area (Å²) in [5.41, 5.74) is 1.23. The number of amides is 6. The fraction of sp³-hybridized carbons (Fsp3) is 0.375. The maximum Gasteiger partial charge on any atom is 0.805 e. The van der Waals surface area contributed by atoms with E-state index in [-0.39, 0.29) is 85.1 Å². The van der Waals surface area contributed by atoms with Crippen LogP contribution in [-0.2, 0) is 33.4 Å². The van der Waals surface area contributed by atoms with Crippen molar-refractivity contribution in [2.75, 3.05) is 26.6 Å². The maximum atomic E-state index is 13.7. The zero-order valence-corrected chi connectivity index (χ0v) is 51.1. The van der Waals surface area contributed by atoms with Crippen molar-refractivity contribution in [2.24, 2.45) is 11.8 Å². The van der Waals surface area contributed by atoms with Gasteiger partial charge in [0.2, 0.25) is 24.6 Å². The summed E-state index contributed by atoms with van der Waals surface area (Å²) in [7, 11) is -2.94. The predicted octanol–water partition coefficient (Wildman–Crippen LogP) is 11.1. The lowest BCUT2D eigenvalue weighted by Crippen LogP contribution is -2.49. The molecule has 4 atom stereocenters. The number of carbonyl (C=O) groups is 8. The molecule has 2 aromatic heterocycles. The van der Waals surface area contributed by atoms with Gasteiger partial charge in [0.15, 0.2) is 23.0 Å². The topological polar surface area (TPSA) is 290 Å². The number of nitrogens with one attached hydrogen (secondary N) is 4. The second-order valence-corrected chi connectivity index (χ2v) is 20.8. The first-order valence-corrected chi connectivity index (χ1v) is 30.5. The Bertz CT molecular complexity index is 3070. The van der Waals surface area contributed by atoms with Crippen LogP contribution in [0.2, 0.25) is 0 Å². The van der Waals surface area contributed by atoms with Gasteiger partial charge >= 0.3 is 20.2 Å². The number of carbonyl (C=O) groups excluding carboxylic acids is 8. The monoisotopic (exact) mass is 1230 g/mol. The van der Waals surface area contributed by atoms with Gasteiger partial charge in [0.25, 0.3) is 11.8 Å². The molecule has 23 nitrogen and oxygen atoms in total. The summed E-state index contributed by atoms with van der Waals surface area (Å²) in [6.45, 7) is 11.0. The molecule has 0 bridgehead atoms. The van der Waals surface area contributed by atoms with Crippen LogP contribution in [-0.4, -0.2) is 97.1 Å². The zero-order valence-electron chi connectivity index (χ0n) is 50.2. The largest absolute Gasteiger partial charge is 0.805 e. The molecule has 0 saturated heterocycles. The van der Waals surface area contributed by atoms with Gasteiger partial charge in [-0.25, -0.2) is 18.6 Å². The van der Waals surface area contributed by atoms with Crippen LogP contribution in [0.25, 0.3) is 22.6 Å². The molecule has 4 aromatic carbocycles. The number of rotatable bonds is 38. The third-order valence-corrected chi connectivity index (χ3v) is 14.6. The van der Waals surface area contributed by atoms with Gasteiger partial charge < -0.3 is 49.3 Å². The zero-order chi connectivity index (χ0) is 63.4. The molecular formula is C64H76N6O17P+. The molecule has 4 N–H and O–H groups in total. The highest BCUT2D eigenvalue weighted by Gasteiger charge is 2.36. The van der Waals surface area contributed by atoms with Crippen molar-refractivity contribution in [1.29, 1.82) is 0 Å². The molecule has 0 radical (unpaired) electrons. The number of hydroxylamine groups is 4. The van der Waals surface area contributed by atoms with E-state index in [1.807, 2.05) is 13.8 Å². The van der Waals surface area contributed by atoms with Crippen LogP contribution in [0.4, 0.5) is 0 Å². The third kappa shape index (κ3) is 19.8. The summed E-state index contributed by atoms with van der Waals surface area (Å²) in [6, 6.07) is 29.9. The number of hydrogen-bond acceptors (Lipinski definition) is 17. The van der Waals surface area contributed by atoms with Crippen molar-refractivity contribution in [1.82, 2.24) is 31.4 Å². The Labute approximate surface area is 511 Å². The first kappa shape index (κ1) is 67.6. The third-order valence-electron chi connectivity index (χ3n) is 13.9. The van der Waals surface area contributed by atoms with E-state index in [1.54, 1.807) is 100 Å². The molecule has 0 saturated carbocycles. The van der Waals surface area contributed by atoms with E-state index in [0.29, 0.717) is 61.1 Å². The minimum Gasteiger partial charge on any atom is -0.494 e. The van der Waals surface area contributed by atoms with E-state index < -0.39 is 67.7 Å². The van der Waals surface area contributed by atoms with Crippen molar-refractivity contribution in [3.63, 3.8) is 0 Å². The molecule has 6 rings (SSSR count). The van der Waals surface area contributed by atoms with Crippen molar-refractivity contribution < 1.29 is 80.0 Å². The van der Waals surface area contributed by atoms with Gasteiger partial charge in [0, 0.05) is 27.8 Å². The number of furan rings is 2. The first-order valence-electron chi connectivity index (χ1n) is 29.4. The van der Waals surface area contributed by atoms with Crippen LogP contribution in [0, 0.1) is 11.8 Å². The van der Waals surface area contributed by atoms with Gasteiger partial charge in [-0.2, -0.15) is 10.1 Å². The van der Waals surface area contributed by atoms with E-state index in [2.05, 4.69) is 21.3 Å². The molecule has 0 unspecified atom stereocenters. The van der Waals surface area contributed by atoms with E-state index >= 15 is 0 Å². The molecule has 0 fully saturated rings. The summed E-state index contributed by atoms with van der Waals surface area (Å²) in [5, 5.41) is 12.5. The van der Waals surface area contributed by atoms with Crippen LogP contribution >= 0.6 is 8.25 Å². The quantitative estimate of drug-likeness (QED) is 0.00921. The summed E-state index contributed by atoms with van der Waals surface area (Å²) in [5.74, 6) is -4.37. The standard InChI is InChI=1S/C64H75N6O17P/c1-7-13-17-27-51(53(9-3)69(41-71)84-63(77)43-23-19-15-20-24-43)59(73)65-39-67-61(75)57-31-29-55(82-57)45-33-47(80-11-5)37-49(35-45)86-88(79)87-50-36-46(34-48(38-50)81-12-6)56-30-32-58(83-56)62(76)68-40-66-60(74)52(28-18-14-8-2)54(10-4)70(42-72)85-64(78)44-25-21-16-22-26-44/h15-16,19-26,29-38,41-42,51-54H,7-14,17-18,27-28,39-40H2,1-6H3,(H3-,65,66,67,68,73,74,75,76)/p+1/t51-,52-,53-,54-/m1/s1. The van der Waals surface area contributed by atoms with Gasteiger partial charge in [0.05, 0.1) is 61.6 Å². The van der Waals surface area contributed by atoms with Crippen molar-refractivity contribution in [3.8, 4) is 45.6 Å². The Morgan fingerprint density at radius 3 is 1.24 bits per heavy atom. The Balaban J connectivity index is 1.07. The Kier molecular flexibility index (Phi) is 27.1. The Hall–Kier alpha value is -9.50. The van der Waals surface area contributed by atoms with Crippen LogP contribution < -0.4 is 39.8 Å². The lowest BCUT2D eigenvalue weighted by molar-refractivity contribution is -0.171. The first-order chi connectivity index (χ1) is 42.7. The number of hydrogen-bond donors (Lipinski definition) is 4. The minimum absolute atomic E-state index is 0.0533. The highest BCUT2D eigenvalue weighted by molar-refractivity contribution is 7.34. The molecule has 2 heterocycles. The maximum absolute atomic E-state index is 13.7. The van der Waals surface area contributed by atoms with Gasteiger partial charge in [0.1, 0.15) is 23.0 Å². The normalized spacial score (nSPS) is 12.2. The summed E-state index contributed by atoms with van der Waals surface area (Å²) >= 11 is 0. The second-order valence-electron chi connectivity index (χ2n) is 20.0. The molecule has 24 heteroatoms. The average Bonchev–Trinajstić information content (AvgIpc) is 4.09. The van der Waals surface area contributed by atoms with Crippen molar-refractivity contribution in [2.45, 2.75) is 118 Å². The number of unbranched alkanes of at least 4 members (excludes halogenated alkanes) is 4. The molecule has 6 amide bonds. The van der Waals surface area contributed by atoms with Crippen molar-refractivity contribution in [3.05, 3.63) is 144 Å². The van der Waals surface area contributed by atoms with Crippen molar-refractivity contribution >= 4 is 56.6 Å². The summed E-state index contributed by atoms with van der Waals surface area (Å²) in [6.07, 6.45) is 6.84. The van der Waals surface area contributed by atoms with Gasteiger partial charge in [-0.15, -0.1) is 0 Å². The molecule has 0 spiro atoms. The Morgan fingerprint density at radius 1 is 0.500 bits per heavy atom.